The molecule has 0 unspecified atom stereocenters. The van der Waals surface area contributed by atoms with Crippen molar-refractivity contribution in [2.75, 3.05) is 22.7 Å². The van der Waals surface area contributed by atoms with Gasteiger partial charge in [-0.3, -0.25) is 4.72 Å². The molecule has 208 valence electrons. The topological polar surface area (TPSA) is 88.1 Å². The van der Waals surface area contributed by atoms with Crippen LogP contribution in [0.4, 0.5) is 24.0 Å². The minimum Gasteiger partial charge on any atom is -0.348 e. The Labute approximate surface area is 234 Å². The Bertz CT molecular complexity index is 1650. The molecule has 1 saturated heterocycles. The maximum atomic E-state index is 16.0. The van der Waals surface area contributed by atoms with Crippen LogP contribution in [0.2, 0.25) is 0 Å². The first kappa shape index (κ1) is 26.7. The quantitative estimate of drug-likeness (QED) is 0.257. The second-order valence-corrected chi connectivity index (χ2v) is 12.6. The number of nitrogens with one attached hydrogen (secondary N) is 1. The van der Waals surface area contributed by atoms with Gasteiger partial charge in [0.05, 0.1) is 22.0 Å². The molecular weight excluding hydrogens is 559 g/mol. The Kier molecular flexibility index (Phi) is 7.22. The van der Waals surface area contributed by atoms with Crippen LogP contribution in [-0.2, 0) is 16.4 Å². The van der Waals surface area contributed by atoms with Crippen molar-refractivity contribution in [1.82, 2.24) is 15.0 Å². The van der Waals surface area contributed by atoms with Gasteiger partial charge < -0.3 is 4.90 Å². The third-order valence-corrected chi connectivity index (χ3v) is 9.59. The van der Waals surface area contributed by atoms with Crippen LogP contribution in [0.25, 0.3) is 21.8 Å². The summed E-state index contributed by atoms with van der Waals surface area (Å²) in [5.74, 6) is -2.16. The molecule has 40 heavy (non-hydrogen) atoms. The highest BCUT2D eigenvalue weighted by Crippen LogP contribution is 2.42. The zero-order valence-corrected chi connectivity index (χ0v) is 23.0. The molecule has 2 fully saturated rings. The highest BCUT2D eigenvalue weighted by Gasteiger charge is 2.28. The predicted molar refractivity (Wildman–Crippen MR) is 148 cm³/mol. The van der Waals surface area contributed by atoms with E-state index in [-0.39, 0.29) is 5.56 Å². The summed E-state index contributed by atoms with van der Waals surface area (Å²) in [7, 11) is -4.77. The summed E-state index contributed by atoms with van der Waals surface area (Å²) in [6, 6.07) is 8.64. The zero-order chi connectivity index (χ0) is 27.9. The van der Waals surface area contributed by atoms with Crippen molar-refractivity contribution in [2.24, 2.45) is 5.92 Å². The van der Waals surface area contributed by atoms with Crippen molar-refractivity contribution in [3.05, 3.63) is 71.9 Å². The molecule has 2 aliphatic rings. The van der Waals surface area contributed by atoms with Crippen LogP contribution in [0.5, 0.6) is 0 Å². The third-order valence-electron chi connectivity index (χ3n) is 7.03. The summed E-state index contributed by atoms with van der Waals surface area (Å²) >= 11 is 1.41. The fourth-order valence-corrected chi connectivity index (χ4v) is 7.12. The van der Waals surface area contributed by atoms with Gasteiger partial charge in [0.25, 0.3) is 10.0 Å². The first-order chi connectivity index (χ1) is 19.3. The van der Waals surface area contributed by atoms with Crippen LogP contribution in [0.3, 0.4) is 0 Å². The Balaban J connectivity index is 1.42. The number of anilines is 2. The largest absolute Gasteiger partial charge is 0.348 e. The van der Waals surface area contributed by atoms with E-state index in [1.54, 1.807) is 12.3 Å². The number of hydrogen-bond acceptors (Lipinski definition) is 7. The summed E-state index contributed by atoms with van der Waals surface area (Å²) in [6.45, 7) is 1.67. The maximum absolute atomic E-state index is 16.0. The summed E-state index contributed by atoms with van der Waals surface area (Å²) in [4.78, 5) is 15.6. The molecule has 6 rings (SSSR count). The van der Waals surface area contributed by atoms with Crippen LogP contribution in [0, 0.1) is 23.4 Å². The lowest BCUT2D eigenvalue weighted by Gasteiger charge is -2.25. The molecule has 0 atom stereocenters. The Hall–Kier alpha value is -3.51. The molecular formula is C28H26F3N5O2S2. The first-order valence-corrected chi connectivity index (χ1v) is 15.4. The number of piperidine rings is 1. The van der Waals surface area contributed by atoms with Crippen molar-refractivity contribution in [1.29, 1.82) is 0 Å². The number of halogens is 3. The number of benzene rings is 2. The van der Waals surface area contributed by atoms with Gasteiger partial charge in [0, 0.05) is 31.3 Å². The highest BCUT2D eigenvalue weighted by molar-refractivity contribution is 7.92. The van der Waals surface area contributed by atoms with Gasteiger partial charge in [0.15, 0.2) is 15.8 Å². The molecule has 0 radical (unpaired) electrons. The van der Waals surface area contributed by atoms with E-state index in [1.165, 1.54) is 29.5 Å². The van der Waals surface area contributed by atoms with E-state index >= 15 is 4.39 Å². The van der Waals surface area contributed by atoms with Gasteiger partial charge in [-0.2, -0.15) is 0 Å². The average molecular weight is 586 g/mol. The minimum absolute atomic E-state index is 0.0473. The Morgan fingerprint density at radius 1 is 0.950 bits per heavy atom. The standard InChI is InChI=1S/C28H26F3N5O2S2/c29-19-7-5-8-20(30)27(19)40(37,38)35-21-9-4-6-18(24(21)31)25-26(39-28(34-25)36-14-2-1-3-15-36)22-12-13-32-23(33-22)16-17-10-11-17/h4-9,12-13,17,35H,1-3,10-11,14-16H2. The van der Waals surface area contributed by atoms with Crippen molar-refractivity contribution >= 4 is 32.2 Å². The van der Waals surface area contributed by atoms with E-state index in [0.29, 0.717) is 28.0 Å². The number of aromatic nitrogens is 3. The van der Waals surface area contributed by atoms with E-state index in [1.807, 2.05) is 4.72 Å². The fourth-order valence-electron chi connectivity index (χ4n) is 4.82. The van der Waals surface area contributed by atoms with E-state index in [0.717, 1.165) is 74.9 Å². The molecule has 0 amide bonds. The molecule has 1 N–H and O–H groups in total. The molecule has 1 aliphatic carbocycles. The molecule has 2 aromatic heterocycles. The molecule has 1 aliphatic heterocycles. The predicted octanol–water partition coefficient (Wildman–Crippen LogP) is 6.43. The zero-order valence-electron chi connectivity index (χ0n) is 21.4. The van der Waals surface area contributed by atoms with Crippen molar-refractivity contribution in [3.63, 3.8) is 0 Å². The average Bonchev–Trinajstić information content (AvgIpc) is 3.64. The van der Waals surface area contributed by atoms with Gasteiger partial charge in [0.2, 0.25) is 0 Å². The molecule has 0 bridgehead atoms. The fraction of sp³-hybridized carbons (Fsp3) is 0.321. The van der Waals surface area contributed by atoms with Gasteiger partial charge >= 0.3 is 0 Å². The smallest absolute Gasteiger partial charge is 0.267 e. The number of hydrogen-bond donors (Lipinski definition) is 1. The highest BCUT2D eigenvalue weighted by atomic mass is 32.2. The molecule has 7 nitrogen and oxygen atoms in total. The van der Waals surface area contributed by atoms with Gasteiger partial charge in [-0.1, -0.05) is 23.5 Å². The summed E-state index contributed by atoms with van der Waals surface area (Å²) in [5, 5.41) is 0.728. The number of sulfonamides is 1. The second kappa shape index (κ2) is 10.8. The van der Waals surface area contributed by atoms with Crippen molar-refractivity contribution < 1.29 is 21.6 Å². The van der Waals surface area contributed by atoms with Gasteiger partial charge in [-0.15, -0.1) is 0 Å². The van der Waals surface area contributed by atoms with E-state index in [2.05, 4.69) is 9.88 Å². The molecule has 3 heterocycles. The van der Waals surface area contributed by atoms with Crippen LogP contribution in [-0.4, -0.2) is 36.5 Å². The summed E-state index contributed by atoms with van der Waals surface area (Å²) in [6.07, 6.45) is 7.97. The summed E-state index contributed by atoms with van der Waals surface area (Å²) in [5.41, 5.74) is 0.527. The lowest BCUT2D eigenvalue weighted by molar-refractivity contribution is 0.521. The van der Waals surface area contributed by atoms with Gasteiger partial charge in [0.1, 0.15) is 17.5 Å². The Morgan fingerprint density at radius 2 is 1.68 bits per heavy atom. The molecule has 2 aromatic carbocycles. The van der Waals surface area contributed by atoms with Crippen molar-refractivity contribution in [2.45, 2.75) is 43.4 Å². The molecule has 1 saturated carbocycles. The molecule has 12 heteroatoms. The maximum Gasteiger partial charge on any atom is 0.267 e. The SMILES string of the molecule is O=S(=O)(Nc1cccc(-c2nc(N3CCCCC3)sc2-c2ccnc(CC3CC3)n2)c1F)c1c(F)cccc1F. The van der Waals surface area contributed by atoms with E-state index in [4.69, 9.17) is 9.97 Å². The lowest BCUT2D eigenvalue weighted by atomic mass is 10.1. The second-order valence-electron chi connectivity index (χ2n) is 10.1. The normalized spacial score (nSPS) is 15.8. The molecule has 4 aromatic rings. The number of thiazole rings is 1. The molecule has 0 spiro atoms. The van der Waals surface area contributed by atoms with Crippen LogP contribution < -0.4 is 9.62 Å². The van der Waals surface area contributed by atoms with E-state index in [9.17, 15) is 17.2 Å². The monoisotopic (exact) mass is 585 g/mol. The van der Waals surface area contributed by atoms with Gasteiger partial charge in [-0.05, 0) is 68.4 Å². The van der Waals surface area contributed by atoms with Crippen LogP contribution in [0.1, 0.15) is 37.9 Å². The lowest BCUT2D eigenvalue weighted by Crippen LogP contribution is -2.29. The number of rotatable bonds is 8. The van der Waals surface area contributed by atoms with Gasteiger partial charge in [-0.25, -0.2) is 36.5 Å². The third kappa shape index (κ3) is 5.42. The van der Waals surface area contributed by atoms with E-state index < -0.39 is 38.1 Å². The Morgan fingerprint density at radius 3 is 2.40 bits per heavy atom. The van der Waals surface area contributed by atoms with Crippen LogP contribution >= 0.6 is 11.3 Å². The summed E-state index contributed by atoms with van der Waals surface area (Å²) < 4.78 is 72.3. The minimum atomic E-state index is -4.77. The number of nitrogens with zero attached hydrogens (tertiary/aromatic N) is 4. The van der Waals surface area contributed by atoms with Crippen molar-refractivity contribution in [3.8, 4) is 21.8 Å². The first-order valence-electron chi connectivity index (χ1n) is 13.1. The van der Waals surface area contributed by atoms with Crippen LogP contribution in [0.15, 0.2) is 53.6 Å².